The van der Waals surface area contributed by atoms with Gasteiger partial charge in [0.2, 0.25) is 17.8 Å². The molecule has 1 aliphatic rings. The zero-order valence-electron chi connectivity index (χ0n) is 14.1. The standard InChI is InChI=1S/C14H23N7O4/c1-3-21(2)14-19-12(16-6-4-5-15)18-13(20-14)17-11-10(24)9(23)8(7-22)25-11/h8-11,22-24H,3-4,6-7H2,1-2H3,(H2,16,17,18,19,20)/t8-,9-,10-,11-/m1/s1. The van der Waals surface area contributed by atoms with Crippen LogP contribution in [0.1, 0.15) is 13.3 Å². The molecule has 0 unspecified atom stereocenters. The van der Waals surface area contributed by atoms with E-state index in [0.717, 1.165) is 0 Å². The molecule has 0 aromatic carbocycles. The molecule has 1 fully saturated rings. The third-order valence-electron chi connectivity index (χ3n) is 3.77. The molecule has 0 radical (unpaired) electrons. The van der Waals surface area contributed by atoms with Crippen LogP contribution < -0.4 is 15.5 Å². The first-order chi connectivity index (χ1) is 12.0. The van der Waals surface area contributed by atoms with Crippen molar-refractivity contribution < 1.29 is 20.1 Å². The summed E-state index contributed by atoms with van der Waals surface area (Å²) in [4.78, 5) is 14.5. The van der Waals surface area contributed by atoms with Crippen LogP contribution in [-0.4, -0.2) is 81.6 Å². The molecule has 138 valence electrons. The van der Waals surface area contributed by atoms with Gasteiger partial charge in [-0.25, -0.2) is 0 Å². The number of hydrogen-bond donors (Lipinski definition) is 5. The third kappa shape index (κ3) is 4.64. The molecule has 11 nitrogen and oxygen atoms in total. The van der Waals surface area contributed by atoms with E-state index in [-0.39, 0.29) is 11.9 Å². The fraction of sp³-hybridized carbons (Fsp3) is 0.714. The lowest BCUT2D eigenvalue weighted by Crippen LogP contribution is -2.37. The first-order valence-electron chi connectivity index (χ1n) is 7.97. The first-order valence-corrected chi connectivity index (χ1v) is 7.97. The Morgan fingerprint density at radius 3 is 2.56 bits per heavy atom. The highest BCUT2D eigenvalue weighted by Gasteiger charge is 2.42. The van der Waals surface area contributed by atoms with Gasteiger partial charge in [-0.15, -0.1) is 0 Å². The Morgan fingerprint density at radius 2 is 1.96 bits per heavy atom. The Kier molecular flexibility index (Phi) is 6.65. The molecule has 0 spiro atoms. The van der Waals surface area contributed by atoms with E-state index in [1.807, 2.05) is 20.0 Å². The summed E-state index contributed by atoms with van der Waals surface area (Å²) in [6, 6.07) is 2.02. The van der Waals surface area contributed by atoms with E-state index in [0.29, 0.717) is 25.5 Å². The van der Waals surface area contributed by atoms with Crippen molar-refractivity contribution in [2.45, 2.75) is 37.9 Å². The van der Waals surface area contributed by atoms with Crippen molar-refractivity contribution in [3.8, 4) is 6.07 Å². The zero-order chi connectivity index (χ0) is 18.4. The van der Waals surface area contributed by atoms with Crippen LogP contribution in [0.3, 0.4) is 0 Å². The second-order valence-corrected chi connectivity index (χ2v) is 5.53. The Morgan fingerprint density at radius 1 is 1.24 bits per heavy atom. The first kappa shape index (κ1) is 19.1. The highest BCUT2D eigenvalue weighted by Crippen LogP contribution is 2.22. The topological polar surface area (TPSA) is 160 Å². The highest BCUT2D eigenvalue weighted by atomic mass is 16.6. The average Bonchev–Trinajstić information content (AvgIpc) is 2.89. The van der Waals surface area contributed by atoms with Gasteiger partial charge in [0.25, 0.3) is 0 Å². The molecule has 5 N–H and O–H groups in total. The Hall–Kier alpha value is -2.26. The molecule has 4 atom stereocenters. The molecular weight excluding hydrogens is 330 g/mol. The van der Waals surface area contributed by atoms with Gasteiger partial charge in [-0.05, 0) is 6.92 Å². The van der Waals surface area contributed by atoms with E-state index in [2.05, 4.69) is 25.6 Å². The van der Waals surface area contributed by atoms with E-state index in [1.165, 1.54) is 0 Å². The van der Waals surface area contributed by atoms with Crippen molar-refractivity contribution in [2.24, 2.45) is 0 Å². The second-order valence-electron chi connectivity index (χ2n) is 5.53. The number of aliphatic hydroxyl groups excluding tert-OH is 3. The van der Waals surface area contributed by atoms with Crippen LogP contribution in [0.5, 0.6) is 0 Å². The van der Waals surface area contributed by atoms with Gasteiger partial charge in [-0.3, -0.25) is 0 Å². The summed E-state index contributed by atoms with van der Waals surface area (Å²) in [5.41, 5.74) is 0. The summed E-state index contributed by atoms with van der Waals surface area (Å²) < 4.78 is 5.37. The van der Waals surface area contributed by atoms with Crippen LogP contribution in [0.25, 0.3) is 0 Å². The zero-order valence-corrected chi connectivity index (χ0v) is 14.1. The quantitative estimate of drug-likeness (QED) is 0.346. The van der Waals surface area contributed by atoms with Gasteiger partial charge in [-0.1, -0.05) is 0 Å². The molecule has 25 heavy (non-hydrogen) atoms. The second kappa shape index (κ2) is 8.72. The number of aromatic nitrogens is 3. The van der Waals surface area contributed by atoms with E-state index in [1.54, 1.807) is 4.90 Å². The monoisotopic (exact) mass is 353 g/mol. The fourth-order valence-corrected chi connectivity index (χ4v) is 2.20. The minimum Gasteiger partial charge on any atom is -0.394 e. The molecule has 2 rings (SSSR count). The van der Waals surface area contributed by atoms with Gasteiger partial charge in [-0.2, -0.15) is 20.2 Å². The third-order valence-corrected chi connectivity index (χ3v) is 3.77. The number of nitriles is 1. The minimum absolute atomic E-state index is 0.139. The minimum atomic E-state index is -1.24. The van der Waals surface area contributed by atoms with Gasteiger partial charge >= 0.3 is 0 Å². The predicted octanol–water partition coefficient (Wildman–Crippen LogP) is -1.50. The highest BCUT2D eigenvalue weighted by molar-refractivity contribution is 5.43. The van der Waals surface area contributed by atoms with Crippen LogP contribution in [0.15, 0.2) is 0 Å². The van der Waals surface area contributed by atoms with Crippen molar-refractivity contribution in [3.05, 3.63) is 0 Å². The van der Waals surface area contributed by atoms with E-state index >= 15 is 0 Å². The van der Waals surface area contributed by atoms with Gasteiger partial charge in [0, 0.05) is 20.1 Å². The number of anilines is 3. The maximum absolute atomic E-state index is 10.0. The van der Waals surface area contributed by atoms with Crippen molar-refractivity contribution in [1.82, 2.24) is 15.0 Å². The van der Waals surface area contributed by atoms with Crippen molar-refractivity contribution in [1.29, 1.82) is 5.26 Å². The summed E-state index contributed by atoms with van der Waals surface area (Å²) in [7, 11) is 1.81. The van der Waals surface area contributed by atoms with Crippen LogP contribution in [-0.2, 0) is 4.74 Å². The van der Waals surface area contributed by atoms with Crippen LogP contribution >= 0.6 is 0 Å². The lowest BCUT2D eigenvalue weighted by atomic mass is 10.1. The number of rotatable bonds is 8. The maximum atomic E-state index is 10.0. The lowest BCUT2D eigenvalue weighted by Gasteiger charge is -2.19. The molecular formula is C14H23N7O4. The fourth-order valence-electron chi connectivity index (χ4n) is 2.20. The smallest absolute Gasteiger partial charge is 0.231 e. The Bertz CT molecular complexity index is 611. The molecule has 0 aliphatic carbocycles. The molecule has 2 heterocycles. The van der Waals surface area contributed by atoms with Crippen molar-refractivity contribution in [2.75, 3.05) is 42.3 Å². The van der Waals surface area contributed by atoms with Crippen molar-refractivity contribution >= 4 is 17.8 Å². The average molecular weight is 353 g/mol. The Balaban J connectivity index is 2.18. The van der Waals surface area contributed by atoms with Gasteiger partial charge in [0.1, 0.15) is 18.3 Å². The molecule has 1 saturated heterocycles. The molecule has 1 aliphatic heterocycles. The van der Waals surface area contributed by atoms with Crippen molar-refractivity contribution in [3.63, 3.8) is 0 Å². The van der Waals surface area contributed by atoms with E-state index < -0.39 is 31.1 Å². The SMILES string of the molecule is CCN(C)c1nc(NCCC#N)nc(N[C@@H]2O[C@H](CO)[C@@H](O)[C@H]2O)n1. The maximum Gasteiger partial charge on any atom is 0.231 e. The molecule has 1 aromatic heterocycles. The van der Waals surface area contributed by atoms with E-state index in [9.17, 15) is 10.2 Å². The number of ether oxygens (including phenoxy) is 1. The number of aliphatic hydroxyl groups is 3. The largest absolute Gasteiger partial charge is 0.394 e. The van der Waals surface area contributed by atoms with Gasteiger partial charge in [0.05, 0.1) is 19.1 Å². The number of hydrogen-bond acceptors (Lipinski definition) is 11. The molecule has 11 heteroatoms. The molecule has 0 amide bonds. The Labute approximate surface area is 145 Å². The molecule has 0 bridgehead atoms. The van der Waals surface area contributed by atoms with Crippen LogP contribution in [0, 0.1) is 11.3 Å². The molecule has 1 aromatic rings. The normalized spacial score (nSPS) is 25.4. The van der Waals surface area contributed by atoms with Crippen LogP contribution in [0.4, 0.5) is 17.8 Å². The van der Waals surface area contributed by atoms with Gasteiger partial charge < -0.3 is 35.6 Å². The lowest BCUT2D eigenvalue weighted by molar-refractivity contribution is -0.0154. The van der Waals surface area contributed by atoms with Crippen LogP contribution in [0.2, 0.25) is 0 Å². The summed E-state index contributed by atoms with van der Waals surface area (Å²) >= 11 is 0. The summed E-state index contributed by atoms with van der Waals surface area (Å²) in [6.45, 7) is 2.56. The van der Waals surface area contributed by atoms with Gasteiger partial charge in [0.15, 0.2) is 6.23 Å². The number of nitrogens with zero attached hydrogens (tertiary/aromatic N) is 5. The molecule has 0 saturated carbocycles. The summed E-state index contributed by atoms with van der Waals surface area (Å²) in [5.74, 6) is 0.806. The summed E-state index contributed by atoms with van der Waals surface area (Å²) in [6.07, 6.45) is -4.02. The summed E-state index contributed by atoms with van der Waals surface area (Å²) in [5, 5.41) is 43.3. The predicted molar refractivity (Wildman–Crippen MR) is 88.9 cm³/mol. The number of nitrogens with one attached hydrogen (secondary N) is 2. The van der Waals surface area contributed by atoms with E-state index in [4.69, 9.17) is 15.1 Å².